The van der Waals surface area contributed by atoms with E-state index in [0.29, 0.717) is 36.1 Å². The van der Waals surface area contributed by atoms with Gasteiger partial charge in [-0.3, -0.25) is 0 Å². The Morgan fingerprint density at radius 1 is 1.17 bits per heavy atom. The van der Waals surface area contributed by atoms with E-state index in [1.165, 1.54) is 0 Å². The Morgan fingerprint density at radius 3 is 2.73 bits per heavy atom. The summed E-state index contributed by atoms with van der Waals surface area (Å²) in [4.78, 5) is 16.6. The summed E-state index contributed by atoms with van der Waals surface area (Å²) in [6.45, 7) is 9.88. The molecule has 30 heavy (non-hydrogen) atoms. The van der Waals surface area contributed by atoms with E-state index in [2.05, 4.69) is 11.6 Å². The predicted molar refractivity (Wildman–Crippen MR) is 118 cm³/mol. The number of carbonyl (C=O) groups is 1. The zero-order valence-electron chi connectivity index (χ0n) is 17.5. The van der Waals surface area contributed by atoms with Gasteiger partial charge < -0.3 is 13.9 Å². The highest BCUT2D eigenvalue weighted by Gasteiger charge is 2.16. The number of hydrogen-bond acceptors (Lipinski definition) is 5. The number of hydrogen-bond donors (Lipinski definition) is 0. The molecule has 5 nitrogen and oxygen atoms in total. The molecule has 0 aliphatic carbocycles. The van der Waals surface area contributed by atoms with Crippen LogP contribution in [0.4, 0.5) is 0 Å². The molecule has 2 aromatic heterocycles. The molecule has 1 aromatic carbocycles. The van der Waals surface area contributed by atoms with E-state index < -0.39 is 0 Å². The molecule has 0 radical (unpaired) electrons. The van der Waals surface area contributed by atoms with Gasteiger partial charge in [-0.05, 0) is 56.7 Å². The number of allylic oxidation sites excluding steroid dienone is 4. The van der Waals surface area contributed by atoms with Crippen molar-refractivity contribution in [2.24, 2.45) is 0 Å². The summed E-state index contributed by atoms with van der Waals surface area (Å²) in [5.74, 6) is 1.36. The van der Waals surface area contributed by atoms with E-state index in [9.17, 15) is 4.79 Å². The summed E-state index contributed by atoms with van der Waals surface area (Å²) in [7, 11) is 0. The van der Waals surface area contributed by atoms with Crippen molar-refractivity contribution >= 4 is 22.4 Å². The summed E-state index contributed by atoms with van der Waals surface area (Å²) in [6.07, 6.45) is 5.31. The smallest absolute Gasteiger partial charge is 0.341 e. The molecule has 0 N–H and O–H groups in total. The van der Waals surface area contributed by atoms with E-state index in [-0.39, 0.29) is 5.97 Å². The lowest BCUT2D eigenvalue weighted by molar-refractivity contribution is 0.0524. The van der Waals surface area contributed by atoms with Gasteiger partial charge in [-0.15, -0.1) is 0 Å². The number of carbonyl (C=O) groups excluding carboxylic acids is 1. The average Bonchev–Trinajstić information content (AvgIpc) is 3.15. The number of aryl methyl sites for hydroxylation is 1. The molecule has 0 spiro atoms. The Bertz CT molecular complexity index is 1120. The Labute approximate surface area is 176 Å². The number of aromatic nitrogens is 1. The standard InChI is InChI=1S/C25H25NO4/c1-5-21(29-16-20-13-12-19-9-7-8-10-23(19)26-20)14-11-17(3)24-15-22(18(4)30-24)25(27)28-6-2/h5,7-15H,1,6,16H2,2-4H3/b17-11+,21-14+. The minimum Gasteiger partial charge on any atom is -0.487 e. The molecule has 0 aliphatic heterocycles. The van der Waals surface area contributed by atoms with Gasteiger partial charge in [-0.2, -0.15) is 0 Å². The number of pyridine rings is 1. The molecule has 0 fully saturated rings. The number of para-hydroxylation sites is 1. The predicted octanol–water partition coefficient (Wildman–Crippen LogP) is 6.00. The maximum Gasteiger partial charge on any atom is 0.341 e. The second-order valence-corrected chi connectivity index (χ2v) is 6.71. The molecule has 0 amide bonds. The van der Waals surface area contributed by atoms with E-state index in [4.69, 9.17) is 13.9 Å². The lowest BCUT2D eigenvalue weighted by Crippen LogP contribution is -2.04. The molecule has 0 saturated heterocycles. The Morgan fingerprint density at radius 2 is 1.97 bits per heavy atom. The summed E-state index contributed by atoms with van der Waals surface area (Å²) < 4.78 is 16.6. The summed E-state index contributed by atoms with van der Waals surface area (Å²) in [6, 6.07) is 13.6. The van der Waals surface area contributed by atoms with E-state index in [1.54, 1.807) is 26.0 Å². The van der Waals surface area contributed by atoms with Gasteiger partial charge in [-0.25, -0.2) is 9.78 Å². The second kappa shape index (κ2) is 9.74. The summed E-state index contributed by atoms with van der Waals surface area (Å²) in [5.41, 5.74) is 3.05. The van der Waals surface area contributed by atoms with Gasteiger partial charge in [0, 0.05) is 5.39 Å². The molecular formula is C25H25NO4. The highest BCUT2D eigenvalue weighted by atomic mass is 16.5. The first-order valence-electron chi connectivity index (χ1n) is 9.78. The lowest BCUT2D eigenvalue weighted by atomic mass is 10.2. The van der Waals surface area contributed by atoms with E-state index >= 15 is 0 Å². The van der Waals surface area contributed by atoms with Crippen molar-refractivity contribution in [1.82, 2.24) is 4.98 Å². The van der Waals surface area contributed by atoms with E-state index in [1.807, 2.05) is 55.5 Å². The van der Waals surface area contributed by atoms with Crippen molar-refractivity contribution in [3.8, 4) is 0 Å². The van der Waals surface area contributed by atoms with Crippen molar-refractivity contribution in [2.45, 2.75) is 27.4 Å². The molecule has 0 unspecified atom stereocenters. The lowest BCUT2D eigenvalue weighted by Gasteiger charge is -2.07. The topological polar surface area (TPSA) is 61.6 Å². The van der Waals surface area contributed by atoms with Crippen LogP contribution in [0, 0.1) is 6.92 Å². The van der Waals surface area contributed by atoms with Crippen LogP contribution >= 0.6 is 0 Å². The Balaban J connectivity index is 1.70. The third kappa shape index (κ3) is 5.06. The first kappa shape index (κ1) is 21.1. The third-order valence-corrected chi connectivity index (χ3v) is 4.54. The number of fused-ring (bicyclic) bond motifs is 1. The molecule has 0 aliphatic rings. The fourth-order valence-electron chi connectivity index (χ4n) is 2.90. The summed E-state index contributed by atoms with van der Waals surface area (Å²) in [5, 5.41) is 1.09. The molecule has 0 bridgehead atoms. The average molecular weight is 403 g/mol. The molecule has 0 saturated carbocycles. The Kier molecular flexibility index (Phi) is 6.86. The monoisotopic (exact) mass is 403 g/mol. The molecule has 2 heterocycles. The SMILES string of the molecule is C=C/C(=C\C=C(/C)c1cc(C(=O)OCC)c(C)o1)OCc1ccc2ccccc2n1. The summed E-state index contributed by atoms with van der Waals surface area (Å²) >= 11 is 0. The van der Waals surface area contributed by atoms with Gasteiger partial charge in [0.25, 0.3) is 0 Å². The minimum atomic E-state index is -0.383. The van der Waals surface area contributed by atoms with Crippen molar-refractivity contribution in [1.29, 1.82) is 0 Å². The number of ether oxygens (including phenoxy) is 2. The van der Waals surface area contributed by atoms with Gasteiger partial charge in [0.1, 0.15) is 29.4 Å². The van der Waals surface area contributed by atoms with Crippen molar-refractivity contribution in [3.63, 3.8) is 0 Å². The minimum absolute atomic E-state index is 0.322. The van der Waals surface area contributed by atoms with Gasteiger partial charge in [0.15, 0.2) is 0 Å². The number of nitrogens with zero attached hydrogens (tertiary/aromatic N) is 1. The van der Waals surface area contributed by atoms with Crippen LogP contribution in [-0.4, -0.2) is 17.6 Å². The van der Waals surface area contributed by atoms with Crippen LogP contribution in [0.15, 0.2) is 77.4 Å². The first-order chi connectivity index (χ1) is 14.5. The Hall–Kier alpha value is -3.60. The maximum atomic E-state index is 12.0. The molecular weight excluding hydrogens is 378 g/mol. The van der Waals surface area contributed by atoms with E-state index in [0.717, 1.165) is 22.2 Å². The van der Waals surface area contributed by atoms with Crippen LogP contribution in [0.1, 0.15) is 41.4 Å². The molecule has 3 rings (SSSR count). The molecule has 3 aromatic rings. The molecule has 154 valence electrons. The van der Waals surface area contributed by atoms with Crippen molar-refractivity contribution < 1.29 is 18.7 Å². The van der Waals surface area contributed by atoms with Crippen LogP contribution in [0.2, 0.25) is 0 Å². The number of benzene rings is 1. The largest absolute Gasteiger partial charge is 0.487 e. The highest BCUT2D eigenvalue weighted by Crippen LogP contribution is 2.23. The first-order valence-corrected chi connectivity index (χ1v) is 9.78. The second-order valence-electron chi connectivity index (χ2n) is 6.71. The molecule has 0 atom stereocenters. The molecule has 5 heteroatoms. The number of esters is 1. The number of rotatable bonds is 8. The van der Waals surface area contributed by atoms with Crippen molar-refractivity contribution in [3.05, 3.63) is 95.8 Å². The van der Waals surface area contributed by atoms with Gasteiger partial charge in [-0.1, -0.05) is 36.9 Å². The highest BCUT2D eigenvalue weighted by molar-refractivity contribution is 5.91. The zero-order chi connectivity index (χ0) is 21.5. The normalized spacial score (nSPS) is 12.1. The van der Waals surface area contributed by atoms with Gasteiger partial charge in [0.05, 0.1) is 17.8 Å². The zero-order valence-corrected chi connectivity index (χ0v) is 17.5. The van der Waals surface area contributed by atoms with Crippen LogP contribution in [0.25, 0.3) is 16.5 Å². The van der Waals surface area contributed by atoms with Gasteiger partial charge >= 0.3 is 5.97 Å². The quantitative estimate of drug-likeness (QED) is 0.262. The number of furan rings is 1. The fourth-order valence-corrected chi connectivity index (χ4v) is 2.90. The van der Waals surface area contributed by atoms with Crippen LogP contribution in [0.3, 0.4) is 0 Å². The van der Waals surface area contributed by atoms with Crippen LogP contribution in [0.5, 0.6) is 0 Å². The third-order valence-electron chi connectivity index (χ3n) is 4.54. The maximum absolute atomic E-state index is 12.0. The van der Waals surface area contributed by atoms with Crippen molar-refractivity contribution in [2.75, 3.05) is 6.61 Å². The van der Waals surface area contributed by atoms with Gasteiger partial charge in [0.2, 0.25) is 0 Å². The van der Waals surface area contributed by atoms with Crippen LogP contribution < -0.4 is 0 Å². The fraction of sp³-hybridized carbons (Fsp3) is 0.200. The van der Waals surface area contributed by atoms with Crippen LogP contribution in [-0.2, 0) is 16.1 Å².